The zero-order valence-electron chi connectivity index (χ0n) is 15.4. The molecule has 1 aromatic carbocycles. The molecule has 9 heteroatoms. The molecule has 2 amide bonds. The third kappa shape index (κ3) is 3.74. The third-order valence-electron chi connectivity index (χ3n) is 4.88. The van der Waals surface area contributed by atoms with Crippen molar-refractivity contribution in [1.82, 2.24) is 15.3 Å². The van der Waals surface area contributed by atoms with Gasteiger partial charge in [-0.1, -0.05) is 30.3 Å². The van der Waals surface area contributed by atoms with Crippen LogP contribution in [0.2, 0.25) is 0 Å². The van der Waals surface area contributed by atoms with Crippen LogP contribution in [0, 0.1) is 0 Å². The van der Waals surface area contributed by atoms with Gasteiger partial charge in [-0.2, -0.15) is 9.97 Å². The smallest absolute Gasteiger partial charge is 0.229 e. The molecule has 0 unspecified atom stereocenters. The van der Waals surface area contributed by atoms with Crippen molar-refractivity contribution in [3.63, 3.8) is 0 Å². The molecule has 0 aliphatic carbocycles. The summed E-state index contributed by atoms with van der Waals surface area (Å²) in [7, 11) is 0. The second-order valence-corrected chi connectivity index (χ2v) is 6.78. The highest BCUT2D eigenvalue weighted by molar-refractivity contribution is 6.01. The number of nitrogens with zero attached hydrogens (tertiary/aromatic N) is 3. The molecule has 1 saturated heterocycles. The Bertz CT molecular complexity index is 883. The first-order valence-electron chi connectivity index (χ1n) is 9.23. The van der Waals surface area contributed by atoms with Gasteiger partial charge in [0.1, 0.15) is 11.6 Å². The third-order valence-corrected chi connectivity index (χ3v) is 4.88. The fraction of sp³-hybridized carbons (Fsp3) is 0.368. The summed E-state index contributed by atoms with van der Waals surface area (Å²) >= 11 is 0. The molecule has 3 heterocycles. The molecule has 2 aromatic rings. The van der Waals surface area contributed by atoms with Crippen LogP contribution in [0.5, 0.6) is 0 Å². The number of anilines is 3. The van der Waals surface area contributed by atoms with Crippen molar-refractivity contribution in [3.05, 3.63) is 41.5 Å². The van der Waals surface area contributed by atoms with Crippen molar-refractivity contribution in [2.75, 3.05) is 42.3 Å². The maximum atomic E-state index is 12.8. The number of ether oxygens (including phenoxy) is 1. The number of nitrogen functional groups attached to an aromatic ring is 1. The lowest BCUT2D eigenvalue weighted by atomic mass is 9.92. The van der Waals surface area contributed by atoms with Gasteiger partial charge in [-0.05, 0) is 5.56 Å². The summed E-state index contributed by atoms with van der Waals surface area (Å²) in [5.74, 6) is -0.291. The number of hydrogen-bond acceptors (Lipinski definition) is 7. The number of rotatable bonds is 4. The highest BCUT2D eigenvalue weighted by atomic mass is 16.5. The Morgan fingerprint density at radius 2 is 2.00 bits per heavy atom. The number of amides is 2. The van der Waals surface area contributed by atoms with Crippen molar-refractivity contribution in [2.45, 2.75) is 18.9 Å². The van der Waals surface area contributed by atoms with Crippen molar-refractivity contribution >= 4 is 29.4 Å². The largest absolute Gasteiger partial charge is 0.383 e. The number of morpholine rings is 1. The maximum Gasteiger partial charge on any atom is 0.229 e. The lowest BCUT2D eigenvalue weighted by Crippen LogP contribution is -2.39. The van der Waals surface area contributed by atoms with E-state index in [1.807, 2.05) is 35.2 Å². The summed E-state index contributed by atoms with van der Waals surface area (Å²) in [6, 6.07) is 9.58. The molecule has 0 spiro atoms. The van der Waals surface area contributed by atoms with Crippen molar-refractivity contribution < 1.29 is 14.3 Å². The molecule has 0 radical (unpaired) electrons. The van der Waals surface area contributed by atoms with E-state index >= 15 is 0 Å². The Morgan fingerprint density at radius 3 is 2.75 bits per heavy atom. The summed E-state index contributed by atoms with van der Waals surface area (Å²) in [6.45, 7) is 2.83. The van der Waals surface area contributed by atoms with Crippen LogP contribution in [0.15, 0.2) is 30.3 Å². The highest BCUT2D eigenvalue weighted by Gasteiger charge is 2.35. The van der Waals surface area contributed by atoms with E-state index in [0.29, 0.717) is 50.2 Å². The van der Waals surface area contributed by atoms with Crippen molar-refractivity contribution in [2.24, 2.45) is 0 Å². The number of aromatic nitrogens is 2. The van der Waals surface area contributed by atoms with Crippen LogP contribution in [0.25, 0.3) is 0 Å². The molecule has 2 aliphatic heterocycles. The molecule has 2 aliphatic rings. The van der Waals surface area contributed by atoms with E-state index in [1.165, 1.54) is 0 Å². The summed E-state index contributed by atoms with van der Waals surface area (Å²) in [6.07, 6.45) is 0.0120. The first-order valence-corrected chi connectivity index (χ1v) is 9.23. The van der Waals surface area contributed by atoms with Gasteiger partial charge in [0.05, 0.1) is 24.7 Å². The normalized spacial score (nSPS) is 18.9. The SMILES string of the molecule is Nc1nc(N2CCOCC2)nc2c1[C@@H](C(=O)NCc1ccccc1)CC(=O)N2. The van der Waals surface area contributed by atoms with Gasteiger partial charge in [0.2, 0.25) is 17.8 Å². The molecule has 0 saturated carbocycles. The zero-order chi connectivity index (χ0) is 19.5. The molecule has 1 fully saturated rings. The Morgan fingerprint density at radius 1 is 1.25 bits per heavy atom. The molecule has 4 rings (SSSR count). The fourth-order valence-electron chi connectivity index (χ4n) is 3.42. The Kier molecular flexibility index (Phi) is 5.07. The van der Waals surface area contributed by atoms with Gasteiger partial charge in [0.25, 0.3) is 0 Å². The predicted octanol–water partition coefficient (Wildman–Crippen LogP) is 0.638. The lowest BCUT2D eigenvalue weighted by molar-refractivity contribution is -0.126. The molecule has 9 nitrogen and oxygen atoms in total. The standard InChI is InChI=1S/C19H22N6O3/c20-16-15-13(18(27)21-11-12-4-2-1-3-5-12)10-14(26)22-17(15)24-19(23-16)25-6-8-28-9-7-25/h1-5,13H,6-11H2,(H,21,27)(H3,20,22,23,24,26)/t13-/m0/s1. The minimum atomic E-state index is -0.716. The fourth-order valence-corrected chi connectivity index (χ4v) is 3.42. The second-order valence-electron chi connectivity index (χ2n) is 6.78. The second kappa shape index (κ2) is 7.81. The van der Waals surface area contributed by atoms with Crippen LogP contribution in [-0.4, -0.2) is 48.1 Å². The van der Waals surface area contributed by atoms with Crippen molar-refractivity contribution in [1.29, 1.82) is 0 Å². The number of carbonyl (C=O) groups is 2. The van der Waals surface area contributed by atoms with E-state index in [0.717, 1.165) is 5.56 Å². The molecule has 1 aromatic heterocycles. The lowest BCUT2D eigenvalue weighted by Gasteiger charge is -2.30. The summed E-state index contributed by atoms with van der Waals surface area (Å²) in [5.41, 5.74) is 7.64. The van der Waals surface area contributed by atoms with E-state index in [9.17, 15) is 9.59 Å². The van der Waals surface area contributed by atoms with Crippen LogP contribution in [0.3, 0.4) is 0 Å². The van der Waals surface area contributed by atoms with E-state index in [1.54, 1.807) is 0 Å². The molecular weight excluding hydrogens is 360 g/mol. The number of nitrogens with two attached hydrogens (primary N) is 1. The first kappa shape index (κ1) is 18.2. The molecule has 4 N–H and O–H groups in total. The minimum absolute atomic E-state index is 0.0120. The van der Waals surface area contributed by atoms with Gasteiger partial charge in [0, 0.05) is 26.1 Å². The van der Waals surface area contributed by atoms with E-state index in [2.05, 4.69) is 20.6 Å². The summed E-state index contributed by atoms with van der Waals surface area (Å²) in [5, 5.41) is 5.61. The molecule has 0 bridgehead atoms. The van der Waals surface area contributed by atoms with E-state index in [-0.39, 0.29) is 24.1 Å². The molecule has 1 atom stereocenters. The van der Waals surface area contributed by atoms with Gasteiger partial charge < -0.3 is 26.0 Å². The Hall–Kier alpha value is -3.20. The van der Waals surface area contributed by atoms with Crippen molar-refractivity contribution in [3.8, 4) is 0 Å². The summed E-state index contributed by atoms with van der Waals surface area (Å²) < 4.78 is 5.34. The van der Waals surface area contributed by atoms with Gasteiger partial charge in [-0.3, -0.25) is 9.59 Å². The monoisotopic (exact) mass is 382 g/mol. The maximum absolute atomic E-state index is 12.8. The summed E-state index contributed by atoms with van der Waals surface area (Å²) in [4.78, 5) is 35.8. The Labute approximate surface area is 162 Å². The Balaban J connectivity index is 1.57. The average molecular weight is 382 g/mol. The quantitative estimate of drug-likeness (QED) is 0.709. The number of hydrogen-bond donors (Lipinski definition) is 3. The van der Waals surface area contributed by atoms with Gasteiger partial charge in [-0.25, -0.2) is 0 Å². The average Bonchev–Trinajstić information content (AvgIpc) is 2.72. The molecule has 28 heavy (non-hydrogen) atoms. The predicted molar refractivity (Wildman–Crippen MR) is 104 cm³/mol. The van der Waals surface area contributed by atoms with Crippen LogP contribution >= 0.6 is 0 Å². The van der Waals surface area contributed by atoms with Gasteiger partial charge >= 0.3 is 0 Å². The van der Waals surface area contributed by atoms with Crippen LogP contribution in [0.1, 0.15) is 23.5 Å². The van der Waals surface area contributed by atoms with Crippen LogP contribution in [0.4, 0.5) is 17.6 Å². The first-order chi connectivity index (χ1) is 13.6. The van der Waals surface area contributed by atoms with E-state index < -0.39 is 5.92 Å². The van der Waals surface area contributed by atoms with Gasteiger partial charge in [0.15, 0.2) is 0 Å². The minimum Gasteiger partial charge on any atom is -0.383 e. The number of nitrogens with one attached hydrogen (secondary N) is 2. The topological polar surface area (TPSA) is 122 Å². The number of benzene rings is 1. The van der Waals surface area contributed by atoms with Gasteiger partial charge in [-0.15, -0.1) is 0 Å². The number of carbonyl (C=O) groups excluding carboxylic acids is 2. The highest BCUT2D eigenvalue weighted by Crippen LogP contribution is 2.36. The molecule has 146 valence electrons. The van der Waals surface area contributed by atoms with Crippen LogP contribution in [-0.2, 0) is 20.9 Å². The zero-order valence-corrected chi connectivity index (χ0v) is 15.4. The molecular formula is C19H22N6O3. The van der Waals surface area contributed by atoms with Crippen LogP contribution < -0.4 is 21.3 Å². The number of fused-ring (bicyclic) bond motifs is 1. The van der Waals surface area contributed by atoms with E-state index in [4.69, 9.17) is 10.5 Å².